The van der Waals surface area contributed by atoms with Crippen LogP contribution < -0.4 is 0 Å². The first-order valence-electron chi connectivity index (χ1n) is 18.3. The Morgan fingerprint density at radius 2 is 1.78 bits per heavy atom. The maximum Gasteiger partial charge on any atom is 0.00827 e. The Morgan fingerprint density at radius 1 is 1.00 bits per heavy atom. The summed E-state index contributed by atoms with van der Waals surface area (Å²) in [5, 5.41) is 0. The third kappa shape index (κ3) is 6.50. The lowest BCUT2D eigenvalue weighted by atomic mass is 9.56. The van der Waals surface area contributed by atoms with Crippen LogP contribution in [0.1, 0.15) is 120 Å². The van der Waals surface area contributed by atoms with E-state index in [1.54, 1.807) is 5.56 Å². The Morgan fingerprint density at radius 3 is 2.51 bits per heavy atom. The zero-order valence-corrected chi connectivity index (χ0v) is 29.7. The second kappa shape index (κ2) is 12.5. The molecule has 0 amide bonds. The quantitative estimate of drug-likeness (QED) is 0.251. The van der Waals surface area contributed by atoms with Gasteiger partial charge in [0, 0.05) is 5.92 Å². The Kier molecular flexibility index (Phi) is 9.02. The van der Waals surface area contributed by atoms with Gasteiger partial charge in [-0.15, -0.1) is 0 Å². The largest absolute Gasteiger partial charge is 0.0986 e. The van der Waals surface area contributed by atoms with Crippen molar-refractivity contribution in [2.24, 2.45) is 40.4 Å². The van der Waals surface area contributed by atoms with Gasteiger partial charge >= 0.3 is 0 Å². The summed E-state index contributed by atoms with van der Waals surface area (Å²) >= 11 is 0. The molecule has 0 spiro atoms. The van der Waals surface area contributed by atoms with Gasteiger partial charge in [-0.1, -0.05) is 132 Å². The first-order valence-corrected chi connectivity index (χ1v) is 18.3. The van der Waals surface area contributed by atoms with Crippen molar-refractivity contribution in [3.63, 3.8) is 0 Å². The van der Waals surface area contributed by atoms with Gasteiger partial charge in [-0.05, 0) is 139 Å². The third-order valence-electron chi connectivity index (χ3n) is 12.6. The number of benzene rings is 2. The minimum Gasteiger partial charge on any atom is -0.0986 e. The Balaban J connectivity index is 1.20. The van der Waals surface area contributed by atoms with E-state index in [9.17, 15) is 0 Å². The summed E-state index contributed by atoms with van der Waals surface area (Å²) < 4.78 is 0. The van der Waals surface area contributed by atoms with Gasteiger partial charge in [0.05, 0.1) is 0 Å². The van der Waals surface area contributed by atoms with Crippen LogP contribution in [0.25, 0.3) is 17.2 Å². The van der Waals surface area contributed by atoms with E-state index in [1.165, 1.54) is 101 Å². The molecule has 240 valence electrons. The zero-order chi connectivity index (χ0) is 32.1. The summed E-state index contributed by atoms with van der Waals surface area (Å²) in [4.78, 5) is 0. The van der Waals surface area contributed by atoms with Crippen molar-refractivity contribution in [1.82, 2.24) is 0 Å². The second-order valence-corrected chi connectivity index (χ2v) is 17.2. The topological polar surface area (TPSA) is 0 Å². The van der Waals surface area contributed by atoms with Crippen LogP contribution in [-0.4, -0.2) is 0 Å². The fourth-order valence-corrected chi connectivity index (χ4v) is 10.0. The molecule has 0 N–H and O–H groups in total. The SMILES string of the molecule is C=C1C=CC(CC(C)(C)C)C(=C)C1CC1=Cc2cccc(-c3cc(C)cc(C)c3CC3CC(C4(C)CCC[C@H]4CCC)C3)c2C1. The van der Waals surface area contributed by atoms with Crippen molar-refractivity contribution in [2.75, 3.05) is 0 Å². The van der Waals surface area contributed by atoms with Gasteiger partial charge in [-0.25, -0.2) is 0 Å². The van der Waals surface area contributed by atoms with Crippen molar-refractivity contribution < 1.29 is 0 Å². The van der Waals surface area contributed by atoms with Gasteiger partial charge in [-0.2, -0.15) is 0 Å². The molecular weight excluding hydrogens is 540 g/mol. The summed E-state index contributed by atoms with van der Waals surface area (Å²) in [5.41, 5.74) is 15.4. The Labute approximate surface area is 276 Å². The molecule has 45 heavy (non-hydrogen) atoms. The average molecular weight is 601 g/mol. The summed E-state index contributed by atoms with van der Waals surface area (Å²) in [7, 11) is 0. The highest BCUT2D eigenvalue weighted by Gasteiger charge is 2.48. The highest BCUT2D eigenvalue weighted by atomic mass is 14.5. The first kappa shape index (κ1) is 32.3. The van der Waals surface area contributed by atoms with Crippen molar-refractivity contribution >= 4 is 6.08 Å². The van der Waals surface area contributed by atoms with Crippen LogP contribution in [0.2, 0.25) is 0 Å². The van der Waals surface area contributed by atoms with Crippen LogP contribution in [0.5, 0.6) is 0 Å². The molecule has 0 radical (unpaired) electrons. The molecule has 3 unspecified atom stereocenters. The molecular formula is C45H60. The maximum atomic E-state index is 4.65. The summed E-state index contributed by atoms with van der Waals surface area (Å²) in [6.07, 6.45) is 21.6. The molecule has 6 rings (SSSR count). The van der Waals surface area contributed by atoms with E-state index in [4.69, 9.17) is 0 Å². The minimum atomic E-state index is 0.287. The van der Waals surface area contributed by atoms with Gasteiger partial charge in [0.2, 0.25) is 0 Å². The van der Waals surface area contributed by atoms with Crippen LogP contribution in [0.4, 0.5) is 0 Å². The highest BCUT2D eigenvalue weighted by molar-refractivity contribution is 5.80. The van der Waals surface area contributed by atoms with E-state index in [1.807, 2.05) is 0 Å². The number of hydrogen-bond donors (Lipinski definition) is 0. The van der Waals surface area contributed by atoms with Gasteiger partial charge in [0.15, 0.2) is 0 Å². The molecule has 0 aliphatic heterocycles. The van der Waals surface area contributed by atoms with Crippen molar-refractivity contribution in [1.29, 1.82) is 0 Å². The van der Waals surface area contributed by atoms with Crippen LogP contribution in [0.3, 0.4) is 0 Å². The van der Waals surface area contributed by atoms with Crippen molar-refractivity contribution in [3.05, 3.63) is 100 Å². The lowest BCUT2D eigenvalue weighted by Gasteiger charge is -2.49. The van der Waals surface area contributed by atoms with E-state index >= 15 is 0 Å². The van der Waals surface area contributed by atoms with Crippen LogP contribution in [0.15, 0.2) is 72.4 Å². The molecule has 0 heteroatoms. The molecule has 0 bridgehead atoms. The maximum absolute atomic E-state index is 4.65. The molecule has 0 heterocycles. The van der Waals surface area contributed by atoms with E-state index in [2.05, 4.69) is 110 Å². The Hall–Kier alpha value is -2.60. The Bertz CT molecular complexity index is 1510. The monoisotopic (exact) mass is 600 g/mol. The fraction of sp³-hybridized carbons (Fsp3) is 0.556. The molecule has 2 saturated carbocycles. The predicted molar refractivity (Wildman–Crippen MR) is 196 cm³/mol. The number of rotatable bonds is 9. The molecule has 4 atom stereocenters. The number of allylic oxidation sites excluding steroid dienone is 5. The lowest BCUT2D eigenvalue weighted by Crippen LogP contribution is -2.40. The average Bonchev–Trinajstić information content (AvgIpc) is 3.53. The normalized spacial score (nSPS) is 29.6. The van der Waals surface area contributed by atoms with Gasteiger partial charge in [-0.3, -0.25) is 0 Å². The van der Waals surface area contributed by atoms with Gasteiger partial charge < -0.3 is 0 Å². The van der Waals surface area contributed by atoms with Gasteiger partial charge in [0.25, 0.3) is 0 Å². The smallest absolute Gasteiger partial charge is 0.00827 e. The third-order valence-corrected chi connectivity index (χ3v) is 12.6. The first-order chi connectivity index (χ1) is 21.4. The van der Waals surface area contributed by atoms with Crippen LogP contribution in [0, 0.1) is 54.3 Å². The number of hydrogen-bond acceptors (Lipinski definition) is 0. The van der Waals surface area contributed by atoms with E-state index in [0.29, 0.717) is 17.3 Å². The van der Waals surface area contributed by atoms with E-state index in [0.717, 1.165) is 37.0 Å². The molecule has 0 saturated heterocycles. The lowest BCUT2D eigenvalue weighted by molar-refractivity contribution is 0.0147. The van der Waals surface area contributed by atoms with E-state index in [-0.39, 0.29) is 5.41 Å². The fourth-order valence-electron chi connectivity index (χ4n) is 10.0. The molecule has 0 nitrogen and oxygen atoms in total. The summed E-state index contributed by atoms with van der Waals surface area (Å²) in [6, 6.07) is 12.0. The van der Waals surface area contributed by atoms with Crippen molar-refractivity contribution in [3.8, 4) is 11.1 Å². The molecule has 2 aromatic carbocycles. The number of aryl methyl sites for hydroxylation is 2. The molecule has 2 fully saturated rings. The van der Waals surface area contributed by atoms with Gasteiger partial charge in [0.1, 0.15) is 0 Å². The van der Waals surface area contributed by atoms with E-state index < -0.39 is 0 Å². The second-order valence-electron chi connectivity index (χ2n) is 17.2. The van der Waals surface area contributed by atoms with Crippen molar-refractivity contribution in [2.45, 2.75) is 119 Å². The summed E-state index contributed by atoms with van der Waals surface area (Å²) in [6.45, 7) is 25.8. The zero-order valence-electron chi connectivity index (χ0n) is 29.7. The molecule has 4 aliphatic carbocycles. The molecule has 2 aromatic rings. The minimum absolute atomic E-state index is 0.287. The molecule has 0 aromatic heterocycles. The highest BCUT2D eigenvalue weighted by Crippen LogP contribution is 2.58. The predicted octanol–water partition coefficient (Wildman–Crippen LogP) is 12.8. The summed E-state index contributed by atoms with van der Waals surface area (Å²) in [5.74, 6) is 3.51. The number of fused-ring (bicyclic) bond motifs is 1. The standard InChI is InChI=1S/C45H60/c1-10-13-37-15-12-19-45(37,9)38-23-34(24-38)26-41-31(4)20-29(2)21-43(41)39-16-11-14-35-22-33(27-42(35)39)25-40-30(3)17-18-36(32(40)5)28-44(6,7)8/h11,14,16-18,20-22,34,36-38,40H,3,5,10,12-13,15,19,23-28H2,1-2,4,6-9H3/t34?,36?,37-,38?,40?,45?/m1/s1. The van der Waals surface area contributed by atoms with Crippen LogP contribution >= 0.6 is 0 Å². The molecule has 4 aliphatic rings. The van der Waals surface area contributed by atoms with Crippen LogP contribution in [-0.2, 0) is 12.8 Å².